The molecule has 2 rings (SSSR count). The third-order valence-electron chi connectivity index (χ3n) is 2.33. The zero-order valence-electron chi connectivity index (χ0n) is 9.53. The van der Waals surface area contributed by atoms with E-state index in [1.54, 1.807) is 11.3 Å². The smallest absolute Gasteiger partial charge is 0.183 e. The first kappa shape index (κ1) is 11.1. The molecule has 16 heavy (non-hydrogen) atoms. The Balaban J connectivity index is 1.94. The first-order valence-corrected chi connectivity index (χ1v) is 6.25. The number of nitrogens with zero attached hydrogens (tertiary/aromatic N) is 2. The van der Waals surface area contributed by atoms with Crippen LogP contribution in [0.5, 0.6) is 0 Å². The van der Waals surface area contributed by atoms with Crippen molar-refractivity contribution in [2.24, 2.45) is 0 Å². The van der Waals surface area contributed by atoms with Gasteiger partial charge in [-0.2, -0.15) is 0 Å². The predicted octanol–water partition coefficient (Wildman–Crippen LogP) is 3.02. The second kappa shape index (κ2) is 5.07. The maximum atomic E-state index is 4.45. The van der Waals surface area contributed by atoms with Gasteiger partial charge in [0, 0.05) is 23.8 Å². The van der Waals surface area contributed by atoms with E-state index < -0.39 is 0 Å². The van der Waals surface area contributed by atoms with E-state index in [4.69, 9.17) is 0 Å². The first-order chi connectivity index (χ1) is 7.78. The van der Waals surface area contributed by atoms with E-state index in [0.717, 1.165) is 29.5 Å². The number of thiazole rings is 1. The van der Waals surface area contributed by atoms with E-state index in [-0.39, 0.29) is 0 Å². The van der Waals surface area contributed by atoms with Crippen LogP contribution in [0.3, 0.4) is 0 Å². The number of nitrogens with one attached hydrogen (secondary N) is 1. The number of pyridine rings is 1. The molecule has 0 atom stereocenters. The van der Waals surface area contributed by atoms with Crippen LogP contribution in [-0.4, -0.2) is 9.97 Å². The monoisotopic (exact) mass is 233 g/mol. The minimum absolute atomic E-state index is 0.782. The van der Waals surface area contributed by atoms with Gasteiger partial charge in [-0.3, -0.25) is 4.98 Å². The summed E-state index contributed by atoms with van der Waals surface area (Å²) in [6, 6.07) is 4.11. The van der Waals surface area contributed by atoms with Crippen LogP contribution in [0.25, 0.3) is 0 Å². The van der Waals surface area contributed by atoms with Gasteiger partial charge in [0.05, 0.1) is 5.69 Å². The van der Waals surface area contributed by atoms with Crippen molar-refractivity contribution in [3.63, 3.8) is 0 Å². The Morgan fingerprint density at radius 3 is 2.88 bits per heavy atom. The van der Waals surface area contributed by atoms with Gasteiger partial charge < -0.3 is 5.32 Å². The van der Waals surface area contributed by atoms with E-state index in [1.165, 1.54) is 5.56 Å². The summed E-state index contributed by atoms with van der Waals surface area (Å²) in [7, 11) is 0. The number of aromatic nitrogens is 2. The van der Waals surface area contributed by atoms with Crippen molar-refractivity contribution in [2.75, 3.05) is 5.32 Å². The van der Waals surface area contributed by atoms with Crippen molar-refractivity contribution >= 4 is 16.5 Å². The van der Waals surface area contributed by atoms with Crippen molar-refractivity contribution in [3.05, 3.63) is 40.7 Å². The summed E-state index contributed by atoms with van der Waals surface area (Å²) >= 11 is 1.65. The SMILES string of the molecule is CCc1csc(NCc2ccc(C)nc2)n1. The number of hydrogen-bond acceptors (Lipinski definition) is 4. The molecule has 0 amide bonds. The van der Waals surface area contributed by atoms with E-state index in [9.17, 15) is 0 Å². The summed E-state index contributed by atoms with van der Waals surface area (Å²) in [5, 5.41) is 6.38. The van der Waals surface area contributed by atoms with Crippen molar-refractivity contribution in [1.29, 1.82) is 0 Å². The standard InChI is InChI=1S/C12H15N3S/c1-3-11-8-16-12(15-11)14-7-10-5-4-9(2)13-6-10/h4-6,8H,3,7H2,1-2H3,(H,14,15). The van der Waals surface area contributed by atoms with Crippen molar-refractivity contribution in [3.8, 4) is 0 Å². The van der Waals surface area contributed by atoms with Gasteiger partial charge in [-0.15, -0.1) is 11.3 Å². The van der Waals surface area contributed by atoms with Gasteiger partial charge in [-0.1, -0.05) is 13.0 Å². The molecule has 4 heteroatoms. The Labute approximate surface area is 99.6 Å². The lowest BCUT2D eigenvalue weighted by Crippen LogP contribution is -1.99. The summed E-state index contributed by atoms with van der Waals surface area (Å²) in [6.45, 7) is 4.89. The zero-order chi connectivity index (χ0) is 11.4. The Hall–Kier alpha value is -1.42. The van der Waals surface area contributed by atoms with Gasteiger partial charge in [0.15, 0.2) is 5.13 Å². The molecule has 0 aliphatic rings. The second-order valence-electron chi connectivity index (χ2n) is 3.66. The Morgan fingerprint density at radius 1 is 1.38 bits per heavy atom. The van der Waals surface area contributed by atoms with Crippen LogP contribution in [0.1, 0.15) is 23.9 Å². The molecule has 0 radical (unpaired) electrons. The van der Waals surface area contributed by atoms with Crippen LogP contribution in [0.4, 0.5) is 5.13 Å². The highest BCUT2D eigenvalue weighted by molar-refractivity contribution is 7.13. The maximum absolute atomic E-state index is 4.45. The summed E-state index contributed by atoms with van der Waals surface area (Å²) in [4.78, 5) is 8.70. The fourth-order valence-corrected chi connectivity index (χ4v) is 2.12. The largest absolute Gasteiger partial charge is 0.357 e. The Kier molecular flexibility index (Phi) is 3.51. The number of hydrogen-bond donors (Lipinski definition) is 1. The summed E-state index contributed by atoms with van der Waals surface area (Å²) in [6.07, 6.45) is 2.89. The average molecular weight is 233 g/mol. The molecule has 1 N–H and O–H groups in total. The minimum Gasteiger partial charge on any atom is -0.357 e. The molecule has 0 aliphatic heterocycles. The second-order valence-corrected chi connectivity index (χ2v) is 4.52. The van der Waals surface area contributed by atoms with Gasteiger partial charge in [0.25, 0.3) is 0 Å². The van der Waals surface area contributed by atoms with E-state index in [1.807, 2.05) is 19.2 Å². The van der Waals surface area contributed by atoms with Crippen LogP contribution < -0.4 is 5.32 Å². The molecule has 0 aromatic carbocycles. The fraction of sp³-hybridized carbons (Fsp3) is 0.333. The lowest BCUT2D eigenvalue weighted by Gasteiger charge is -2.02. The molecule has 3 nitrogen and oxygen atoms in total. The van der Waals surface area contributed by atoms with Gasteiger partial charge >= 0.3 is 0 Å². The third-order valence-corrected chi connectivity index (χ3v) is 3.18. The number of rotatable bonds is 4. The molecule has 0 saturated heterocycles. The quantitative estimate of drug-likeness (QED) is 0.882. The summed E-state index contributed by atoms with van der Waals surface area (Å²) in [5.74, 6) is 0. The zero-order valence-corrected chi connectivity index (χ0v) is 10.3. The van der Waals surface area contributed by atoms with Crippen LogP contribution in [0.15, 0.2) is 23.7 Å². The summed E-state index contributed by atoms with van der Waals surface area (Å²) in [5.41, 5.74) is 3.37. The van der Waals surface area contributed by atoms with E-state index >= 15 is 0 Å². The van der Waals surface area contributed by atoms with Crippen LogP contribution >= 0.6 is 11.3 Å². The van der Waals surface area contributed by atoms with Crippen molar-refractivity contribution in [2.45, 2.75) is 26.8 Å². The highest BCUT2D eigenvalue weighted by Crippen LogP contribution is 2.16. The van der Waals surface area contributed by atoms with Crippen LogP contribution in [0.2, 0.25) is 0 Å². The van der Waals surface area contributed by atoms with E-state index in [2.05, 4.69) is 33.7 Å². The lowest BCUT2D eigenvalue weighted by atomic mass is 10.2. The van der Waals surface area contributed by atoms with Crippen LogP contribution in [-0.2, 0) is 13.0 Å². The van der Waals surface area contributed by atoms with Gasteiger partial charge in [0.1, 0.15) is 0 Å². The molecule has 0 aliphatic carbocycles. The normalized spacial score (nSPS) is 10.4. The average Bonchev–Trinajstić information content (AvgIpc) is 2.76. The summed E-state index contributed by atoms with van der Waals surface area (Å²) < 4.78 is 0. The molecule has 0 spiro atoms. The highest BCUT2D eigenvalue weighted by Gasteiger charge is 1.99. The highest BCUT2D eigenvalue weighted by atomic mass is 32.1. The molecule has 2 aromatic rings. The molecule has 0 saturated carbocycles. The van der Waals surface area contributed by atoms with Gasteiger partial charge in [-0.25, -0.2) is 4.98 Å². The fourth-order valence-electron chi connectivity index (χ4n) is 1.33. The molecule has 0 unspecified atom stereocenters. The Bertz CT molecular complexity index is 448. The lowest BCUT2D eigenvalue weighted by molar-refractivity contribution is 1.04. The molecular formula is C12H15N3S. The molecule has 84 valence electrons. The third kappa shape index (κ3) is 2.79. The van der Waals surface area contributed by atoms with Crippen molar-refractivity contribution < 1.29 is 0 Å². The molecule has 0 bridgehead atoms. The van der Waals surface area contributed by atoms with Gasteiger partial charge in [-0.05, 0) is 25.0 Å². The predicted molar refractivity (Wildman–Crippen MR) is 67.8 cm³/mol. The molecule has 0 fully saturated rings. The maximum Gasteiger partial charge on any atom is 0.183 e. The molecule has 2 aromatic heterocycles. The number of aryl methyl sites for hydroxylation is 2. The molecule has 2 heterocycles. The minimum atomic E-state index is 0.782. The van der Waals surface area contributed by atoms with Crippen molar-refractivity contribution in [1.82, 2.24) is 9.97 Å². The first-order valence-electron chi connectivity index (χ1n) is 5.37. The molecular weight excluding hydrogens is 218 g/mol. The topological polar surface area (TPSA) is 37.8 Å². The number of anilines is 1. The van der Waals surface area contributed by atoms with Crippen LogP contribution in [0, 0.1) is 6.92 Å². The van der Waals surface area contributed by atoms with E-state index in [0.29, 0.717) is 0 Å². The van der Waals surface area contributed by atoms with Gasteiger partial charge in [0.2, 0.25) is 0 Å². The Morgan fingerprint density at radius 2 is 2.25 bits per heavy atom.